The van der Waals surface area contributed by atoms with Gasteiger partial charge < -0.3 is 4.74 Å². The van der Waals surface area contributed by atoms with Crippen molar-refractivity contribution in [1.82, 2.24) is 4.90 Å². The average molecular weight is 254 g/mol. The number of nitrogens with zero attached hydrogens (tertiary/aromatic N) is 1. The Morgan fingerprint density at radius 1 is 1.41 bits per heavy atom. The first-order valence-corrected chi connectivity index (χ1v) is 6.28. The molecule has 0 radical (unpaired) electrons. The Balaban J connectivity index is 2.24. The van der Waals surface area contributed by atoms with Gasteiger partial charge in [0.25, 0.3) is 0 Å². The average Bonchev–Trinajstić information content (AvgIpc) is 2.63. The molecule has 1 aliphatic rings. The van der Waals surface area contributed by atoms with Gasteiger partial charge in [0.15, 0.2) is 0 Å². The quantitative estimate of drug-likeness (QED) is 0.775. The largest absolute Gasteiger partial charge is 0.444 e. The number of alkyl halides is 1. The Bertz CT molecular complexity index is 396. The minimum atomic E-state index is -0.278. The van der Waals surface area contributed by atoms with Crippen molar-refractivity contribution in [3.05, 3.63) is 35.9 Å². The fraction of sp³-hybridized carbons (Fsp3) is 0.462. The van der Waals surface area contributed by atoms with Crippen LogP contribution in [0.1, 0.15) is 25.5 Å². The zero-order valence-electron chi connectivity index (χ0n) is 9.97. The Hall–Kier alpha value is -1.22. The van der Waals surface area contributed by atoms with Crippen LogP contribution in [-0.2, 0) is 4.74 Å². The van der Waals surface area contributed by atoms with E-state index in [4.69, 9.17) is 16.3 Å². The molecule has 92 valence electrons. The van der Waals surface area contributed by atoms with E-state index >= 15 is 0 Å². The molecular weight excluding hydrogens is 238 g/mol. The summed E-state index contributed by atoms with van der Waals surface area (Å²) in [6, 6.07) is 9.83. The van der Waals surface area contributed by atoms with Crippen LogP contribution in [-0.4, -0.2) is 29.0 Å². The second-order valence-corrected chi connectivity index (χ2v) is 4.61. The maximum Gasteiger partial charge on any atom is 0.411 e. The van der Waals surface area contributed by atoms with Crippen molar-refractivity contribution in [2.45, 2.75) is 32.0 Å². The maximum absolute atomic E-state index is 11.8. The molecule has 0 spiro atoms. The van der Waals surface area contributed by atoms with E-state index in [1.54, 1.807) is 4.90 Å². The monoisotopic (exact) mass is 253 g/mol. The lowest BCUT2D eigenvalue weighted by Gasteiger charge is -2.28. The van der Waals surface area contributed by atoms with E-state index in [0.29, 0.717) is 5.88 Å². The van der Waals surface area contributed by atoms with Gasteiger partial charge in [0.1, 0.15) is 6.10 Å². The van der Waals surface area contributed by atoms with Crippen molar-refractivity contribution in [3.8, 4) is 0 Å². The first-order valence-electron chi connectivity index (χ1n) is 5.75. The van der Waals surface area contributed by atoms with E-state index in [0.717, 1.165) is 5.56 Å². The Morgan fingerprint density at radius 2 is 2.06 bits per heavy atom. The van der Waals surface area contributed by atoms with Gasteiger partial charge in [-0.1, -0.05) is 30.3 Å². The van der Waals surface area contributed by atoms with Crippen molar-refractivity contribution < 1.29 is 9.53 Å². The summed E-state index contributed by atoms with van der Waals surface area (Å²) in [6.07, 6.45) is -0.425. The molecule has 2 rings (SSSR count). The van der Waals surface area contributed by atoms with Crippen molar-refractivity contribution >= 4 is 17.7 Å². The standard InChI is InChI=1S/C13H16ClNO2/c1-9(11-6-4-3-5-7-11)15-12(8-14)10(2)17-13(15)16/h3-7,9-10,12H,8H2,1-2H3/t9-,10+,12+/m1/s1. The molecule has 3 atom stereocenters. The maximum atomic E-state index is 11.8. The van der Waals surface area contributed by atoms with E-state index in [1.807, 2.05) is 44.2 Å². The molecule has 4 heteroatoms. The molecule has 0 bridgehead atoms. The number of carbonyl (C=O) groups excluding carboxylic acids is 1. The summed E-state index contributed by atoms with van der Waals surface area (Å²) in [5, 5.41) is 0. The fourth-order valence-electron chi connectivity index (χ4n) is 2.20. The molecule has 3 nitrogen and oxygen atoms in total. The van der Waals surface area contributed by atoms with Crippen LogP contribution in [0.25, 0.3) is 0 Å². The van der Waals surface area contributed by atoms with E-state index in [9.17, 15) is 4.79 Å². The van der Waals surface area contributed by atoms with Crippen molar-refractivity contribution in [2.24, 2.45) is 0 Å². The highest BCUT2D eigenvalue weighted by Gasteiger charge is 2.41. The number of benzene rings is 1. The van der Waals surface area contributed by atoms with Crippen LogP contribution >= 0.6 is 11.6 Å². The summed E-state index contributed by atoms with van der Waals surface area (Å²) in [5.41, 5.74) is 1.09. The highest BCUT2D eigenvalue weighted by atomic mass is 35.5. The van der Waals surface area contributed by atoms with E-state index < -0.39 is 0 Å². The fourth-order valence-corrected chi connectivity index (χ4v) is 2.60. The molecule has 1 aliphatic heterocycles. The minimum Gasteiger partial charge on any atom is -0.444 e. The number of amides is 1. The third-order valence-electron chi connectivity index (χ3n) is 3.25. The molecule has 0 aromatic heterocycles. The number of hydrogen-bond acceptors (Lipinski definition) is 2. The van der Waals surface area contributed by atoms with Gasteiger partial charge in [-0.25, -0.2) is 4.79 Å². The van der Waals surface area contributed by atoms with Crippen LogP contribution in [0.2, 0.25) is 0 Å². The van der Waals surface area contributed by atoms with Crippen LogP contribution in [0.4, 0.5) is 4.79 Å². The van der Waals surface area contributed by atoms with Crippen LogP contribution in [0.15, 0.2) is 30.3 Å². The normalized spacial score (nSPS) is 25.8. The number of rotatable bonds is 3. The summed E-state index contributed by atoms with van der Waals surface area (Å²) in [7, 11) is 0. The lowest BCUT2D eigenvalue weighted by Crippen LogP contribution is -2.39. The molecule has 17 heavy (non-hydrogen) atoms. The second-order valence-electron chi connectivity index (χ2n) is 4.30. The summed E-state index contributed by atoms with van der Waals surface area (Å²) in [4.78, 5) is 13.5. The SMILES string of the molecule is C[C@@H]1OC(=O)N([C@H](C)c2ccccc2)[C@H]1CCl. The summed E-state index contributed by atoms with van der Waals surface area (Å²) in [5.74, 6) is 0.393. The summed E-state index contributed by atoms with van der Waals surface area (Å²) >= 11 is 5.92. The van der Waals surface area contributed by atoms with Gasteiger partial charge in [-0.05, 0) is 19.4 Å². The second kappa shape index (κ2) is 4.96. The lowest BCUT2D eigenvalue weighted by molar-refractivity contribution is 0.133. The Morgan fingerprint density at radius 3 is 2.65 bits per heavy atom. The van der Waals surface area contributed by atoms with Gasteiger partial charge in [0.05, 0.1) is 12.1 Å². The molecule has 1 aromatic carbocycles. The number of carbonyl (C=O) groups is 1. The van der Waals surface area contributed by atoms with E-state index in [-0.39, 0.29) is 24.3 Å². The smallest absolute Gasteiger partial charge is 0.411 e. The molecule has 0 unspecified atom stereocenters. The lowest BCUT2D eigenvalue weighted by atomic mass is 10.1. The summed E-state index contributed by atoms with van der Waals surface area (Å²) in [6.45, 7) is 3.87. The molecule has 1 amide bonds. The predicted octanol–water partition coefficient (Wildman–Crippen LogP) is 3.20. The van der Waals surface area contributed by atoms with Crippen molar-refractivity contribution in [1.29, 1.82) is 0 Å². The van der Waals surface area contributed by atoms with Gasteiger partial charge in [-0.15, -0.1) is 11.6 Å². The van der Waals surface area contributed by atoms with Gasteiger partial charge in [-0.2, -0.15) is 0 Å². The van der Waals surface area contributed by atoms with Crippen LogP contribution in [0.3, 0.4) is 0 Å². The first kappa shape index (κ1) is 12.2. The predicted molar refractivity (Wildman–Crippen MR) is 67.1 cm³/mol. The summed E-state index contributed by atoms with van der Waals surface area (Å²) < 4.78 is 5.22. The van der Waals surface area contributed by atoms with Gasteiger partial charge in [-0.3, -0.25) is 4.90 Å². The van der Waals surface area contributed by atoms with Gasteiger partial charge >= 0.3 is 6.09 Å². The zero-order chi connectivity index (χ0) is 12.4. The van der Waals surface area contributed by atoms with Crippen molar-refractivity contribution in [3.63, 3.8) is 0 Å². The minimum absolute atomic E-state index is 0.0163. The Kier molecular flexibility index (Phi) is 3.57. The highest BCUT2D eigenvalue weighted by molar-refractivity contribution is 6.18. The Labute approximate surface area is 106 Å². The number of cyclic esters (lactones) is 1. The first-order chi connectivity index (χ1) is 8.15. The molecular formula is C13H16ClNO2. The topological polar surface area (TPSA) is 29.5 Å². The van der Waals surface area contributed by atoms with Crippen LogP contribution < -0.4 is 0 Å². The highest BCUT2D eigenvalue weighted by Crippen LogP contribution is 2.30. The third-order valence-corrected chi connectivity index (χ3v) is 3.57. The zero-order valence-corrected chi connectivity index (χ0v) is 10.7. The number of halogens is 1. The molecule has 1 aromatic rings. The molecule has 1 fully saturated rings. The molecule has 0 aliphatic carbocycles. The molecule has 0 N–H and O–H groups in total. The van der Waals surface area contributed by atoms with Crippen LogP contribution in [0, 0.1) is 0 Å². The van der Waals surface area contributed by atoms with E-state index in [1.165, 1.54) is 0 Å². The van der Waals surface area contributed by atoms with Gasteiger partial charge in [0.2, 0.25) is 0 Å². The molecule has 0 saturated carbocycles. The number of ether oxygens (including phenoxy) is 1. The molecule has 1 saturated heterocycles. The third kappa shape index (κ3) is 2.25. The van der Waals surface area contributed by atoms with Crippen LogP contribution in [0.5, 0.6) is 0 Å². The van der Waals surface area contributed by atoms with E-state index in [2.05, 4.69) is 0 Å². The van der Waals surface area contributed by atoms with Gasteiger partial charge in [0, 0.05) is 5.88 Å². The van der Waals surface area contributed by atoms with Crippen molar-refractivity contribution in [2.75, 3.05) is 5.88 Å². The number of hydrogen-bond donors (Lipinski definition) is 0. The molecule has 1 heterocycles.